The zero-order valence-corrected chi connectivity index (χ0v) is 20.2. The van der Waals surface area contributed by atoms with Gasteiger partial charge in [0.15, 0.2) is 0 Å². The third-order valence-electron chi connectivity index (χ3n) is 6.73. The maximum atomic E-state index is 13.2. The van der Waals surface area contributed by atoms with Crippen LogP contribution in [0, 0.1) is 5.92 Å². The second-order valence-electron chi connectivity index (χ2n) is 9.69. The molecule has 1 fully saturated rings. The van der Waals surface area contributed by atoms with Crippen molar-refractivity contribution >= 4 is 29.0 Å². The quantitative estimate of drug-likeness (QED) is 0.505. The lowest BCUT2D eigenvalue weighted by Gasteiger charge is -2.30. The lowest BCUT2D eigenvalue weighted by atomic mass is 9.81. The number of imide groups is 1. The van der Waals surface area contributed by atoms with Crippen molar-refractivity contribution in [1.82, 2.24) is 14.3 Å². The van der Waals surface area contributed by atoms with Crippen molar-refractivity contribution in [2.24, 2.45) is 5.92 Å². The van der Waals surface area contributed by atoms with E-state index in [0.29, 0.717) is 35.2 Å². The molecule has 2 amide bonds. The summed E-state index contributed by atoms with van der Waals surface area (Å²) in [4.78, 5) is 37.0. The standard InChI is InChI=1S/C26H28N4O3S/c1-15(2)12-30-13-18(19-11-27-34-14-19)10-23(26(30)33)28-20-6-3-16(4-7-20)17-5-8-21-22(9-17)25(32)29-24(21)31/h5,8-11,13-16,20,28H,3-4,6-7,12H2,1-2H3,(H,29,31,32). The van der Waals surface area contributed by atoms with E-state index in [-0.39, 0.29) is 23.4 Å². The largest absolute Gasteiger partial charge is 0.378 e. The third-order valence-corrected chi connectivity index (χ3v) is 7.32. The van der Waals surface area contributed by atoms with Gasteiger partial charge >= 0.3 is 0 Å². The fourth-order valence-electron chi connectivity index (χ4n) is 5.00. The van der Waals surface area contributed by atoms with Crippen LogP contribution in [0.5, 0.6) is 0 Å². The van der Waals surface area contributed by atoms with E-state index in [0.717, 1.165) is 42.4 Å². The SMILES string of the molecule is CC(C)Cn1cc(-c2cnsc2)cc(NC2CCC(c3ccc4c(c3)C(=O)NC4=O)CC2)c1=O. The second-order valence-corrected chi connectivity index (χ2v) is 10.3. The number of hydrogen-bond donors (Lipinski definition) is 2. The van der Waals surface area contributed by atoms with Crippen molar-refractivity contribution < 1.29 is 9.59 Å². The molecule has 2 aromatic heterocycles. The highest BCUT2D eigenvalue weighted by molar-refractivity contribution is 7.03. The predicted molar refractivity (Wildman–Crippen MR) is 134 cm³/mol. The number of rotatable bonds is 6. The topological polar surface area (TPSA) is 93.1 Å². The Bertz CT molecular complexity index is 1290. The summed E-state index contributed by atoms with van der Waals surface area (Å²) in [5, 5.41) is 7.89. The van der Waals surface area contributed by atoms with Crippen LogP contribution in [-0.4, -0.2) is 26.8 Å². The molecule has 3 heterocycles. The van der Waals surface area contributed by atoms with Gasteiger partial charge in [0.2, 0.25) is 0 Å². The Hall–Kier alpha value is -3.26. The Labute approximate surface area is 202 Å². The normalized spacial score (nSPS) is 19.9. The molecule has 34 heavy (non-hydrogen) atoms. The zero-order valence-electron chi connectivity index (χ0n) is 19.3. The number of fused-ring (bicyclic) bond motifs is 1. The number of pyridine rings is 1. The van der Waals surface area contributed by atoms with E-state index >= 15 is 0 Å². The Kier molecular flexibility index (Phi) is 6.08. The Balaban J connectivity index is 1.31. The fourth-order valence-corrected chi connectivity index (χ4v) is 5.55. The van der Waals surface area contributed by atoms with Crippen LogP contribution in [0.25, 0.3) is 11.1 Å². The van der Waals surface area contributed by atoms with Gasteiger partial charge in [-0.1, -0.05) is 19.9 Å². The molecule has 5 rings (SSSR count). The molecule has 0 atom stereocenters. The minimum Gasteiger partial charge on any atom is -0.378 e. The van der Waals surface area contributed by atoms with Gasteiger partial charge in [-0.15, -0.1) is 0 Å². The van der Waals surface area contributed by atoms with Crippen LogP contribution in [-0.2, 0) is 6.54 Å². The Morgan fingerprint density at radius 1 is 1.06 bits per heavy atom. The van der Waals surface area contributed by atoms with Gasteiger partial charge in [0.1, 0.15) is 5.69 Å². The highest BCUT2D eigenvalue weighted by Gasteiger charge is 2.29. The number of carbonyl (C=O) groups excluding carboxylic acids is 2. The first-order chi connectivity index (χ1) is 16.4. The number of aromatic nitrogens is 2. The average molecular weight is 477 g/mol. The monoisotopic (exact) mass is 476 g/mol. The molecule has 0 unspecified atom stereocenters. The minimum absolute atomic E-state index is 0.0112. The molecule has 1 saturated carbocycles. The average Bonchev–Trinajstić information content (AvgIpc) is 3.45. The number of benzene rings is 1. The number of anilines is 1. The summed E-state index contributed by atoms with van der Waals surface area (Å²) in [7, 11) is 0. The summed E-state index contributed by atoms with van der Waals surface area (Å²) >= 11 is 1.40. The fraction of sp³-hybridized carbons (Fsp3) is 0.385. The van der Waals surface area contributed by atoms with E-state index in [1.807, 2.05) is 40.5 Å². The predicted octanol–water partition coefficient (Wildman–Crippen LogP) is 4.65. The van der Waals surface area contributed by atoms with Crippen LogP contribution in [0.15, 0.2) is 46.8 Å². The number of amides is 2. The van der Waals surface area contributed by atoms with Gasteiger partial charge in [-0.3, -0.25) is 19.7 Å². The van der Waals surface area contributed by atoms with Crippen LogP contribution in [0.3, 0.4) is 0 Å². The Morgan fingerprint density at radius 2 is 1.82 bits per heavy atom. The molecule has 8 heteroatoms. The van der Waals surface area contributed by atoms with Crippen molar-refractivity contribution in [2.45, 2.75) is 58.0 Å². The van der Waals surface area contributed by atoms with Gasteiger partial charge in [0, 0.05) is 41.5 Å². The van der Waals surface area contributed by atoms with Gasteiger partial charge in [0.25, 0.3) is 17.4 Å². The summed E-state index contributed by atoms with van der Waals surface area (Å²) < 4.78 is 6.02. The van der Waals surface area contributed by atoms with Crippen molar-refractivity contribution in [2.75, 3.05) is 5.32 Å². The molecule has 1 aromatic carbocycles. The van der Waals surface area contributed by atoms with E-state index in [1.54, 1.807) is 6.07 Å². The minimum atomic E-state index is -0.317. The van der Waals surface area contributed by atoms with Crippen molar-refractivity contribution in [3.05, 3.63) is 69.1 Å². The Morgan fingerprint density at radius 3 is 2.53 bits per heavy atom. The van der Waals surface area contributed by atoms with E-state index in [9.17, 15) is 14.4 Å². The van der Waals surface area contributed by atoms with E-state index in [1.165, 1.54) is 11.5 Å². The van der Waals surface area contributed by atoms with Crippen molar-refractivity contribution in [1.29, 1.82) is 0 Å². The first-order valence-corrected chi connectivity index (χ1v) is 12.6. The van der Waals surface area contributed by atoms with Gasteiger partial charge in [-0.2, -0.15) is 0 Å². The van der Waals surface area contributed by atoms with Gasteiger partial charge < -0.3 is 9.88 Å². The molecule has 3 aromatic rings. The molecule has 0 bridgehead atoms. The van der Waals surface area contributed by atoms with Crippen LogP contribution in [0.1, 0.15) is 71.7 Å². The lowest BCUT2D eigenvalue weighted by molar-refractivity contribution is 0.0879. The lowest BCUT2D eigenvalue weighted by Crippen LogP contribution is -2.31. The molecule has 1 aliphatic carbocycles. The van der Waals surface area contributed by atoms with Crippen LogP contribution >= 0.6 is 11.5 Å². The molecule has 0 saturated heterocycles. The van der Waals surface area contributed by atoms with E-state index in [4.69, 9.17) is 0 Å². The highest BCUT2D eigenvalue weighted by Crippen LogP contribution is 2.35. The molecule has 0 radical (unpaired) electrons. The zero-order chi connectivity index (χ0) is 23.8. The third kappa shape index (κ3) is 4.42. The van der Waals surface area contributed by atoms with E-state index < -0.39 is 0 Å². The summed E-state index contributed by atoms with van der Waals surface area (Å²) in [6.45, 7) is 4.89. The summed E-state index contributed by atoms with van der Waals surface area (Å²) in [5.41, 5.74) is 4.71. The summed E-state index contributed by atoms with van der Waals surface area (Å²) in [6.07, 6.45) is 7.55. The van der Waals surface area contributed by atoms with Crippen molar-refractivity contribution in [3.63, 3.8) is 0 Å². The molecule has 1 aliphatic heterocycles. The van der Waals surface area contributed by atoms with Crippen LogP contribution in [0.4, 0.5) is 5.69 Å². The number of nitrogens with one attached hydrogen (secondary N) is 2. The first kappa shape index (κ1) is 22.5. The molecule has 2 aliphatic rings. The van der Waals surface area contributed by atoms with Gasteiger partial charge in [-0.25, -0.2) is 4.37 Å². The summed E-state index contributed by atoms with van der Waals surface area (Å²) in [6, 6.07) is 7.77. The van der Waals surface area contributed by atoms with Gasteiger partial charge in [-0.05, 0) is 72.8 Å². The number of carbonyl (C=O) groups is 2. The maximum Gasteiger partial charge on any atom is 0.273 e. The highest BCUT2D eigenvalue weighted by atomic mass is 32.1. The molecule has 0 spiro atoms. The molecular formula is C26H28N4O3S. The van der Waals surface area contributed by atoms with Gasteiger partial charge in [0.05, 0.1) is 11.1 Å². The van der Waals surface area contributed by atoms with Crippen molar-refractivity contribution in [3.8, 4) is 11.1 Å². The molecule has 7 nitrogen and oxygen atoms in total. The van der Waals surface area contributed by atoms with Crippen LogP contribution < -0.4 is 16.2 Å². The molecule has 2 N–H and O–H groups in total. The molecular weight excluding hydrogens is 448 g/mol. The second kappa shape index (κ2) is 9.18. The smallest absolute Gasteiger partial charge is 0.273 e. The van der Waals surface area contributed by atoms with Crippen LogP contribution in [0.2, 0.25) is 0 Å². The maximum absolute atomic E-state index is 13.2. The first-order valence-electron chi connectivity index (χ1n) is 11.8. The molecule has 176 valence electrons. The number of hydrogen-bond acceptors (Lipinski definition) is 6. The number of nitrogens with zero attached hydrogens (tertiary/aromatic N) is 2. The summed E-state index contributed by atoms with van der Waals surface area (Å²) in [5.74, 6) is 0.0767. The van der Waals surface area contributed by atoms with E-state index in [2.05, 4.69) is 28.9 Å².